The highest BCUT2D eigenvalue weighted by Gasteiger charge is 2.11. The van der Waals surface area contributed by atoms with Gasteiger partial charge in [0.1, 0.15) is 11.8 Å². The lowest BCUT2D eigenvalue weighted by atomic mass is 9.95. The van der Waals surface area contributed by atoms with E-state index in [9.17, 15) is 5.11 Å². The number of hydrogen-bond donors (Lipinski definition) is 1. The Morgan fingerprint density at radius 3 is 2.16 bits per heavy atom. The van der Waals surface area contributed by atoms with Crippen LogP contribution in [0, 0.1) is 11.3 Å². The van der Waals surface area contributed by atoms with Crippen LogP contribution >= 0.6 is 0 Å². The molecule has 0 aromatic heterocycles. The Hall–Kier alpha value is -2.79. The number of phenols is 1. The lowest BCUT2D eigenvalue weighted by molar-refractivity contribution is 0.480. The van der Waals surface area contributed by atoms with E-state index in [1.165, 1.54) is 0 Å². The standard InChI is InChI=1S/C17H11NO/c18-11-13-10-16(12-6-2-1-3-7-12)14-8-4-5-9-15(14)17(13)19/h1-10,19H. The van der Waals surface area contributed by atoms with Crippen molar-refractivity contribution in [3.63, 3.8) is 0 Å². The summed E-state index contributed by atoms with van der Waals surface area (Å²) in [6, 6.07) is 21.2. The van der Waals surface area contributed by atoms with E-state index in [0.717, 1.165) is 16.5 Å². The number of nitriles is 1. The van der Waals surface area contributed by atoms with Crippen molar-refractivity contribution in [3.05, 3.63) is 66.2 Å². The van der Waals surface area contributed by atoms with Gasteiger partial charge in [0.15, 0.2) is 0 Å². The highest BCUT2D eigenvalue weighted by Crippen LogP contribution is 2.36. The molecule has 1 N–H and O–H groups in total. The fourth-order valence-corrected chi connectivity index (χ4v) is 2.30. The third-order valence-electron chi connectivity index (χ3n) is 3.22. The van der Waals surface area contributed by atoms with Crippen LogP contribution in [0.1, 0.15) is 5.56 Å². The summed E-state index contributed by atoms with van der Waals surface area (Å²) < 4.78 is 0. The Morgan fingerprint density at radius 1 is 0.842 bits per heavy atom. The van der Waals surface area contributed by atoms with Crippen molar-refractivity contribution >= 4 is 10.8 Å². The van der Waals surface area contributed by atoms with Crippen LogP contribution in [0.15, 0.2) is 60.7 Å². The maximum atomic E-state index is 10.1. The molecule has 90 valence electrons. The maximum Gasteiger partial charge on any atom is 0.141 e. The first-order valence-electron chi connectivity index (χ1n) is 6.01. The lowest BCUT2D eigenvalue weighted by Gasteiger charge is -2.10. The molecule has 2 heteroatoms. The van der Waals surface area contributed by atoms with Gasteiger partial charge in [-0.05, 0) is 22.6 Å². The molecule has 3 aromatic rings. The van der Waals surface area contributed by atoms with E-state index in [0.29, 0.717) is 10.9 Å². The van der Waals surface area contributed by atoms with E-state index >= 15 is 0 Å². The molecule has 0 bridgehead atoms. The molecular weight excluding hydrogens is 234 g/mol. The average molecular weight is 245 g/mol. The Kier molecular flexibility index (Phi) is 2.66. The van der Waals surface area contributed by atoms with Gasteiger partial charge in [-0.3, -0.25) is 0 Å². The summed E-state index contributed by atoms with van der Waals surface area (Å²) in [6.07, 6.45) is 0. The molecule has 3 rings (SSSR count). The van der Waals surface area contributed by atoms with Crippen molar-refractivity contribution in [1.82, 2.24) is 0 Å². The van der Waals surface area contributed by atoms with Gasteiger partial charge in [-0.25, -0.2) is 0 Å². The zero-order valence-electron chi connectivity index (χ0n) is 10.2. The fraction of sp³-hybridized carbons (Fsp3) is 0. The number of fused-ring (bicyclic) bond motifs is 1. The summed E-state index contributed by atoms with van der Waals surface area (Å²) in [7, 11) is 0. The molecule has 0 atom stereocenters. The molecule has 19 heavy (non-hydrogen) atoms. The highest BCUT2D eigenvalue weighted by molar-refractivity contribution is 6.01. The van der Waals surface area contributed by atoms with E-state index in [4.69, 9.17) is 5.26 Å². The van der Waals surface area contributed by atoms with Crippen molar-refractivity contribution in [2.45, 2.75) is 0 Å². The van der Waals surface area contributed by atoms with Crippen molar-refractivity contribution in [3.8, 4) is 22.9 Å². The fourth-order valence-electron chi connectivity index (χ4n) is 2.30. The minimum atomic E-state index is 0.0535. The molecule has 0 aliphatic carbocycles. The Balaban J connectivity index is 2.43. The van der Waals surface area contributed by atoms with Crippen LogP contribution in [0.2, 0.25) is 0 Å². The first-order chi connectivity index (χ1) is 9.31. The molecule has 0 aliphatic heterocycles. The number of rotatable bonds is 1. The molecule has 0 radical (unpaired) electrons. The summed E-state index contributed by atoms with van der Waals surface area (Å²) in [6.45, 7) is 0. The van der Waals surface area contributed by atoms with Gasteiger partial charge < -0.3 is 5.11 Å². The number of phenolic OH excluding ortho intramolecular Hbond substituents is 1. The molecule has 2 nitrogen and oxygen atoms in total. The quantitative estimate of drug-likeness (QED) is 0.701. The third kappa shape index (κ3) is 1.82. The molecule has 0 heterocycles. The third-order valence-corrected chi connectivity index (χ3v) is 3.22. The van der Waals surface area contributed by atoms with E-state index in [-0.39, 0.29) is 5.75 Å². The van der Waals surface area contributed by atoms with Crippen LogP contribution in [-0.2, 0) is 0 Å². The Labute approximate surface area is 111 Å². The molecule has 3 aromatic carbocycles. The van der Waals surface area contributed by atoms with Crippen molar-refractivity contribution in [2.75, 3.05) is 0 Å². The van der Waals surface area contributed by atoms with Gasteiger partial charge in [-0.2, -0.15) is 5.26 Å². The second kappa shape index (κ2) is 4.47. The zero-order valence-corrected chi connectivity index (χ0v) is 10.2. The molecule has 0 saturated carbocycles. The Morgan fingerprint density at radius 2 is 1.47 bits per heavy atom. The van der Waals surface area contributed by atoms with Crippen LogP contribution in [0.4, 0.5) is 0 Å². The molecule has 0 unspecified atom stereocenters. The van der Waals surface area contributed by atoms with Crippen LogP contribution < -0.4 is 0 Å². The maximum absolute atomic E-state index is 10.1. The minimum Gasteiger partial charge on any atom is -0.506 e. The molecule has 0 saturated heterocycles. The Bertz CT molecular complexity index is 785. The average Bonchev–Trinajstić information content (AvgIpc) is 2.49. The number of nitrogens with zero attached hydrogens (tertiary/aromatic N) is 1. The van der Waals surface area contributed by atoms with E-state index in [2.05, 4.69) is 0 Å². The summed E-state index contributed by atoms with van der Waals surface area (Å²) >= 11 is 0. The SMILES string of the molecule is N#Cc1cc(-c2ccccc2)c2ccccc2c1O. The molecule has 0 amide bonds. The number of hydrogen-bond acceptors (Lipinski definition) is 2. The van der Waals surface area contributed by atoms with Gasteiger partial charge in [-0.1, -0.05) is 54.6 Å². The van der Waals surface area contributed by atoms with Crippen LogP contribution in [0.25, 0.3) is 21.9 Å². The normalized spacial score (nSPS) is 10.3. The first-order valence-corrected chi connectivity index (χ1v) is 6.01. The first kappa shape index (κ1) is 11.3. The number of aromatic hydroxyl groups is 1. The van der Waals surface area contributed by atoms with E-state index in [1.807, 2.05) is 60.7 Å². The molecule has 0 aliphatic rings. The van der Waals surface area contributed by atoms with Crippen molar-refractivity contribution in [2.24, 2.45) is 0 Å². The van der Waals surface area contributed by atoms with E-state index < -0.39 is 0 Å². The predicted octanol–water partition coefficient (Wildman–Crippen LogP) is 4.08. The van der Waals surface area contributed by atoms with Gasteiger partial charge in [0.05, 0.1) is 5.56 Å². The second-order valence-electron chi connectivity index (χ2n) is 4.34. The smallest absolute Gasteiger partial charge is 0.141 e. The number of benzene rings is 3. The largest absolute Gasteiger partial charge is 0.506 e. The van der Waals surface area contributed by atoms with Gasteiger partial charge in [0.2, 0.25) is 0 Å². The zero-order chi connectivity index (χ0) is 13.2. The highest BCUT2D eigenvalue weighted by atomic mass is 16.3. The van der Waals surface area contributed by atoms with Gasteiger partial charge >= 0.3 is 0 Å². The minimum absolute atomic E-state index is 0.0535. The van der Waals surface area contributed by atoms with Gasteiger partial charge in [0.25, 0.3) is 0 Å². The van der Waals surface area contributed by atoms with E-state index in [1.54, 1.807) is 6.07 Å². The summed E-state index contributed by atoms with van der Waals surface area (Å²) in [5, 5.41) is 20.9. The van der Waals surface area contributed by atoms with Crippen molar-refractivity contribution < 1.29 is 5.11 Å². The monoisotopic (exact) mass is 245 g/mol. The summed E-state index contributed by atoms with van der Waals surface area (Å²) in [4.78, 5) is 0. The molecule has 0 fully saturated rings. The van der Waals surface area contributed by atoms with Gasteiger partial charge in [0, 0.05) is 5.39 Å². The molecular formula is C17H11NO. The van der Waals surface area contributed by atoms with Crippen molar-refractivity contribution in [1.29, 1.82) is 5.26 Å². The predicted molar refractivity (Wildman–Crippen MR) is 75.8 cm³/mol. The van der Waals surface area contributed by atoms with Crippen LogP contribution in [-0.4, -0.2) is 5.11 Å². The van der Waals surface area contributed by atoms with Crippen LogP contribution in [0.5, 0.6) is 5.75 Å². The topological polar surface area (TPSA) is 44.0 Å². The second-order valence-corrected chi connectivity index (χ2v) is 4.34. The summed E-state index contributed by atoms with van der Waals surface area (Å²) in [5.41, 5.74) is 2.30. The van der Waals surface area contributed by atoms with Gasteiger partial charge in [-0.15, -0.1) is 0 Å². The molecule has 0 spiro atoms. The lowest BCUT2D eigenvalue weighted by Crippen LogP contribution is -1.86. The van der Waals surface area contributed by atoms with Crippen LogP contribution in [0.3, 0.4) is 0 Å². The summed E-state index contributed by atoms with van der Waals surface area (Å²) in [5.74, 6) is 0.0535.